The van der Waals surface area contributed by atoms with Crippen LogP contribution in [0.3, 0.4) is 0 Å². The molecule has 1 amide bonds. The maximum Gasteiger partial charge on any atom is 0.264 e. The molecule has 0 aliphatic rings. The van der Waals surface area contributed by atoms with Crippen molar-refractivity contribution >= 4 is 55.1 Å². The number of sulfonamides is 1. The minimum atomic E-state index is -3.83. The van der Waals surface area contributed by atoms with Gasteiger partial charge in [-0.15, -0.1) is 0 Å². The number of hydrogen-bond acceptors (Lipinski definition) is 6. The molecule has 0 saturated carbocycles. The molecule has 0 fully saturated rings. The van der Waals surface area contributed by atoms with Gasteiger partial charge in [-0.05, 0) is 83.7 Å². The average Bonchev–Trinajstić information content (AvgIpc) is 2.79. The summed E-state index contributed by atoms with van der Waals surface area (Å²) in [5.41, 5.74) is 2.31. The lowest BCUT2D eigenvalue weighted by Gasteiger charge is -2.13. The molecule has 0 aliphatic carbocycles. The van der Waals surface area contributed by atoms with Crippen molar-refractivity contribution < 1.29 is 17.9 Å². The second kappa shape index (κ2) is 11.0. The van der Waals surface area contributed by atoms with Crippen LogP contribution < -0.4 is 14.8 Å². The van der Waals surface area contributed by atoms with Crippen molar-refractivity contribution in [2.24, 2.45) is 0 Å². The molecular formula is C22H22BrClN4O4S. The lowest BCUT2D eigenvalue weighted by molar-refractivity contribution is -0.116. The average molecular weight is 554 g/mol. The van der Waals surface area contributed by atoms with Crippen molar-refractivity contribution in [3.05, 3.63) is 69.4 Å². The smallest absolute Gasteiger partial charge is 0.264 e. The van der Waals surface area contributed by atoms with Crippen LogP contribution >= 0.6 is 27.5 Å². The highest BCUT2D eigenvalue weighted by Crippen LogP contribution is 2.35. The zero-order chi connectivity index (χ0) is 24.0. The highest BCUT2D eigenvalue weighted by atomic mass is 79.9. The SMILES string of the molecule is Cc1cc(OCCCC(=O)Nc2ccc(S(=O)(=O)Nc3ncccn3)cc2)c(Br)c(C)c1Cl. The van der Waals surface area contributed by atoms with Crippen LogP contribution in [0.25, 0.3) is 0 Å². The molecule has 0 aliphatic heterocycles. The van der Waals surface area contributed by atoms with Crippen molar-refractivity contribution in [3.63, 3.8) is 0 Å². The van der Waals surface area contributed by atoms with Crippen LogP contribution in [0.2, 0.25) is 5.02 Å². The van der Waals surface area contributed by atoms with Gasteiger partial charge in [0.1, 0.15) is 5.75 Å². The molecule has 1 aromatic heterocycles. The van der Waals surface area contributed by atoms with Gasteiger partial charge in [0.2, 0.25) is 11.9 Å². The third kappa shape index (κ3) is 6.66. The number of aryl methyl sites for hydroxylation is 1. The third-order valence-electron chi connectivity index (χ3n) is 4.61. The summed E-state index contributed by atoms with van der Waals surface area (Å²) in [5, 5.41) is 3.44. The molecule has 0 radical (unpaired) electrons. The summed E-state index contributed by atoms with van der Waals surface area (Å²) in [7, 11) is -3.83. The van der Waals surface area contributed by atoms with E-state index in [9.17, 15) is 13.2 Å². The number of amides is 1. The van der Waals surface area contributed by atoms with Gasteiger partial charge in [0.15, 0.2) is 0 Å². The highest BCUT2D eigenvalue weighted by Gasteiger charge is 2.16. The fraction of sp³-hybridized carbons (Fsp3) is 0.227. The maximum atomic E-state index is 12.4. The van der Waals surface area contributed by atoms with Crippen molar-refractivity contribution in [2.45, 2.75) is 31.6 Å². The molecule has 0 bridgehead atoms. The van der Waals surface area contributed by atoms with E-state index in [-0.39, 0.29) is 23.2 Å². The number of aromatic nitrogens is 2. The summed E-state index contributed by atoms with van der Waals surface area (Å²) in [5.74, 6) is 0.460. The van der Waals surface area contributed by atoms with Crippen LogP contribution in [0.5, 0.6) is 5.75 Å². The molecule has 3 aromatic rings. The molecule has 33 heavy (non-hydrogen) atoms. The lowest BCUT2D eigenvalue weighted by Crippen LogP contribution is -2.15. The van der Waals surface area contributed by atoms with Crippen LogP contribution in [0.15, 0.2) is 58.2 Å². The van der Waals surface area contributed by atoms with Crippen LogP contribution in [0.4, 0.5) is 11.6 Å². The number of halogens is 2. The van der Waals surface area contributed by atoms with Crippen molar-refractivity contribution in [2.75, 3.05) is 16.6 Å². The van der Waals surface area contributed by atoms with Crippen molar-refractivity contribution in [1.29, 1.82) is 0 Å². The molecular weight excluding hydrogens is 532 g/mol. The molecule has 8 nitrogen and oxygen atoms in total. The predicted octanol–water partition coefficient (Wildman–Crippen LogP) is 5.11. The number of carbonyl (C=O) groups excluding carboxylic acids is 1. The Bertz CT molecular complexity index is 1240. The lowest BCUT2D eigenvalue weighted by atomic mass is 10.1. The van der Waals surface area contributed by atoms with Crippen LogP contribution in [-0.4, -0.2) is 30.9 Å². The first-order chi connectivity index (χ1) is 15.7. The first-order valence-corrected chi connectivity index (χ1v) is 12.6. The van der Waals surface area contributed by atoms with Gasteiger partial charge >= 0.3 is 0 Å². The molecule has 174 valence electrons. The Hall–Kier alpha value is -2.69. The maximum absolute atomic E-state index is 12.4. The van der Waals surface area contributed by atoms with Gasteiger partial charge in [0.25, 0.3) is 10.0 Å². The zero-order valence-electron chi connectivity index (χ0n) is 17.9. The van der Waals surface area contributed by atoms with E-state index in [1.165, 1.54) is 36.7 Å². The number of hydrogen-bond donors (Lipinski definition) is 2. The molecule has 0 atom stereocenters. The largest absolute Gasteiger partial charge is 0.492 e. The van der Waals surface area contributed by atoms with Gasteiger partial charge in [-0.2, -0.15) is 0 Å². The quantitative estimate of drug-likeness (QED) is 0.356. The predicted molar refractivity (Wildman–Crippen MR) is 131 cm³/mol. The summed E-state index contributed by atoms with van der Waals surface area (Å²) in [6.45, 7) is 4.17. The molecule has 0 spiro atoms. The van der Waals surface area contributed by atoms with E-state index in [2.05, 4.69) is 35.9 Å². The summed E-state index contributed by atoms with van der Waals surface area (Å²) >= 11 is 9.71. The second-order valence-corrected chi connectivity index (χ2v) is 10.0. The summed E-state index contributed by atoms with van der Waals surface area (Å²) in [4.78, 5) is 19.9. The van der Waals surface area contributed by atoms with Gasteiger partial charge in [-0.1, -0.05) is 11.6 Å². The molecule has 2 aromatic carbocycles. The van der Waals surface area contributed by atoms with E-state index >= 15 is 0 Å². The Balaban J connectivity index is 1.49. The van der Waals surface area contributed by atoms with Crippen molar-refractivity contribution in [1.82, 2.24) is 9.97 Å². The molecule has 0 saturated heterocycles. The highest BCUT2D eigenvalue weighted by molar-refractivity contribution is 9.10. The second-order valence-electron chi connectivity index (χ2n) is 7.15. The first-order valence-electron chi connectivity index (χ1n) is 9.95. The number of rotatable bonds is 9. The Kier molecular flexibility index (Phi) is 8.28. The Morgan fingerprint density at radius 3 is 2.48 bits per heavy atom. The number of anilines is 2. The topological polar surface area (TPSA) is 110 Å². The number of ether oxygens (including phenoxy) is 1. The summed E-state index contributed by atoms with van der Waals surface area (Å²) in [6, 6.07) is 9.27. The first kappa shape index (κ1) is 24.9. The minimum Gasteiger partial charge on any atom is -0.492 e. The number of benzene rings is 2. The van der Waals surface area contributed by atoms with Gasteiger partial charge in [-0.25, -0.2) is 23.1 Å². The van der Waals surface area contributed by atoms with Crippen LogP contribution in [0, 0.1) is 13.8 Å². The molecule has 0 unspecified atom stereocenters. The fourth-order valence-corrected chi connectivity index (χ4v) is 4.54. The van der Waals surface area contributed by atoms with E-state index in [1.54, 1.807) is 6.07 Å². The molecule has 3 rings (SSSR count). The van der Waals surface area contributed by atoms with Gasteiger partial charge in [0, 0.05) is 29.5 Å². The summed E-state index contributed by atoms with van der Waals surface area (Å²) in [6.07, 6.45) is 3.62. The van der Waals surface area contributed by atoms with Crippen LogP contribution in [-0.2, 0) is 14.8 Å². The zero-order valence-corrected chi connectivity index (χ0v) is 21.1. The van der Waals surface area contributed by atoms with Crippen molar-refractivity contribution in [3.8, 4) is 5.75 Å². The Morgan fingerprint density at radius 1 is 1.15 bits per heavy atom. The van der Waals surface area contributed by atoms with Gasteiger partial charge in [0.05, 0.1) is 16.0 Å². The van der Waals surface area contributed by atoms with E-state index in [1.807, 2.05) is 19.9 Å². The van der Waals surface area contributed by atoms with Gasteiger partial charge in [-0.3, -0.25) is 4.79 Å². The Labute approximate surface area is 205 Å². The van der Waals surface area contributed by atoms with E-state index in [0.29, 0.717) is 29.5 Å². The number of nitrogens with one attached hydrogen (secondary N) is 2. The van der Waals surface area contributed by atoms with Crippen LogP contribution in [0.1, 0.15) is 24.0 Å². The monoisotopic (exact) mass is 552 g/mol. The molecule has 1 heterocycles. The molecule has 2 N–H and O–H groups in total. The fourth-order valence-electron chi connectivity index (χ4n) is 2.89. The minimum absolute atomic E-state index is 0.0203. The van der Waals surface area contributed by atoms with Gasteiger partial charge < -0.3 is 10.1 Å². The third-order valence-corrected chi connectivity index (χ3v) is 7.53. The normalized spacial score (nSPS) is 11.2. The number of nitrogens with zero attached hydrogens (tertiary/aromatic N) is 2. The van der Waals surface area contributed by atoms with E-state index in [0.717, 1.165) is 15.6 Å². The van der Waals surface area contributed by atoms with E-state index < -0.39 is 10.0 Å². The number of carbonyl (C=O) groups is 1. The Morgan fingerprint density at radius 2 is 1.82 bits per heavy atom. The summed E-state index contributed by atoms with van der Waals surface area (Å²) < 4.78 is 33.7. The standard InChI is InChI=1S/C22H22BrClN4O4S/c1-14-13-18(20(23)15(2)21(14)24)32-12-3-5-19(29)27-16-6-8-17(9-7-16)33(30,31)28-22-25-10-4-11-26-22/h4,6-11,13H,3,5,12H2,1-2H3,(H,27,29)(H,25,26,28). The molecule has 11 heteroatoms. The van der Waals surface area contributed by atoms with E-state index in [4.69, 9.17) is 16.3 Å².